The molecule has 0 amide bonds. The minimum atomic E-state index is -4.41. The fourth-order valence-electron chi connectivity index (χ4n) is 2.07. The van der Waals surface area contributed by atoms with Gasteiger partial charge in [-0.25, -0.2) is 8.37 Å². The van der Waals surface area contributed by atoms with E-state index in [2.05, 4.69) is 0 Å². The third-order valence-corrected chi connectivity index (χ3v) is 4.51. The smallest absolute Gasteiger partial charge is 0.401 e. The monoisotopic (exact) mass is 370 g/mol. The van der Waals surface area contributed by atoms with Crippen molar-refractivity contribution in [1.82, 2.24) is 0 Å². The molecular weight excluding hydrogens is 352 g/mol. The average Bonchev–Trinajstić information content (AvgIpc) is 2.51. The Morgan fingerprint density at radius 2 is 1.08 bits per heavy atom. The van der Waals surface area contributed by atoms with Gasteiger partial charge < -0.3 is 20.4 Å². The Morgan fingerprint density at radius 1 is 0.720 bits per heavy atom. The van der Waals surface area contributed by atoms with E-state index in [1.807, 2.05) is 0 Å². The summed E-state index contributed by atoms with van der Waals surface area (Å²) in [5.41, 5.74) is 0.634. The van der Waals surface area contributed by atoms with E-state index in [-0.39, 0.29) is 11.5 Å². The van der Waals surface area contributed by atoms with Crippen molar-refractivity contribution in [1.29, 1.82) is 0 Å². The Labute approximate surface area is 144 Å². The quantitative estimate of drug-likeness (QED) is 0.570. The van der Waals surface area contributed by atoms with Crippen LogP contribution < -0.4 is 0 Å². The number of hydrogen-bond acceptors (Lipinski definition) is 8. The molecule has 2 aromatic rings. The highest BCUT2D eigenvalue weighted by Crippen LogP contribution is 2.32. The number of phenols is 4. The third-order valence-electron chi connectivity index (χ3n) is 3.46. The van der Waals surface area contributed by atoms with Crippen LogP contribution >= 0.6 is 0 Å². The zero-order chi connectivity index (χ0) is 18.8. The Kier molecular flexibility index (Phi) is 5.41. The molecule has 0 radical (unpaired) electrons. The molecule has 0 aliphatic heterocycles. The molecule has 0 heterocycles. The molecule has 4 N–H and O–H groups in total. The van der Waals surface area contributed by atoms with Crippen LogP contribution in [-0.4, -0.2) is 28.8 Å². The molecule has 9 heteroatoms. The summed E-state index contributed by atoms with van der Waals surface area (Å²) in [5, 5.41) is 37.5. The van der Waals surface area contributed by atoms with E-state index in [0.717, 1.165) is 0 Å². The van der Waals surface area contributed by atoms with Gasteiger partial charge in [0.25, 0.3) is 0 Å². The maximum atomic E-state index is 12.0. The third kappa shape index (κ3) is 4.75. The van der Waals surface area contributed by atoms with E-state index in [0.29, 0.717) is 11.1 Å². The second-order valence-electron chi connectivity index (χ2n) is 5.38. The van der Waals surface area contributed by atoms with Crippen molar-refractivity contribution in [2.45, 2.75) is 26.1 Å². The average molecular weight is 370 g/mol. The summed E-state index contributed by atoms with van der Waals surface area (Å²) in [5.74, 6) is -1.48. The van der Waals surface area contributed by atoms with Crippen LogP contribution in [0.1, 0.15) is 37.2 Å². The van der Waals surface area contributed by atoms with Crippen molar-refractivity contribution < 1.29 is 37.2 Å². The van der Waals surface area contributed by atoms with Crippen LogP contribution in [0.5, 0.6) is 23.0 Å². The molecule has 0 aromatic heterocycles. The summed E-state index contributed by atoms with van der Waals surface area (Å²) in [4.78, 5) is 0. The Morgan fingerprint density at radius 3 is 1.40 bits per heavy atom. The van der Waals surface area contributed by atoms with E-state index in [4.69, 9.17) is 8.37 Å². The maximum Gasteiger partial charge on any atom is 0.401 e. The zero-order valence-corrected chi connectivity index (χ0v) is 14.3. The van der Waals surface area contributed by atoms with Crippen molar-refractivity contribution >= 4 is 10.4 Å². The Bertz CT molecular complexity index is 797. The van der Waals surface area contributed by atoms with Gasteiger partial charge in [-0.2, -0.15) is 8.42 Å². The molecule has 8 nitrogen and oxygen atoms in total. The van der Waals surface area contributed by atoms with Crippen LogP contribution in [0.25, 0.3) is 0 Å². The van der Waals surface area contributed by atoms with E-state index < -0.39 is 34.1 Å². The van der Waals surface area contributed by atoms with Crippen LogP contribution in [0, 0.1) is 0 Å². The van der Waals surface area contributed by atoms with E-state index >= 15 is 0 Å². The minimum absolute atomic E-state index is 0.317. The van der Waals surface area contributed by atoms with Gasteiger partial charge >= 0.3 is 10.4 Å². The molecule has 0 spiro atoms. The lowest BCUT2D eigenvalue weighted by Crippen LogP contribution is -2.15. The second kappa shape index (κ2) is 7.18. The predicted octanol–water partition coefficient (Wildman–Crippen LogP) is 2.61. The number of aromatic hydroxyl groups is 4. The summed E-state index contributed by atoms with van der Waals surface area (Å²) in [7, 11) is -4.41. The molecule has 0 bridgehead atoms. The van der Waals surface area contributed by atoms with Crippen LogP contribution in [0.2, 0.25) is 0 Å². The first-order valence-corrected chi connectivity index (χ1v) is 8.57. The van der Waals surface area contributed by atoms with Gasteiger partial charge in [0.1, 0.15) is 12.2 Å². The van der Waals surface area contributed by atoms with Crippen molar-refractivity contribution in [3.8, 4) is 23.0 Å². The summed E-state index contributed by atoms with van der Waals surface area (Å²) in [6.07, 6.45) is -1.95. The number of benzene rings is 2. The van der Waals surface area contributed by atoms with Gasteiger partial charge in [0, 0.05) is 0 Å². The Balaban J connectivity index is 2.09. The van der Waals surface area contributed by atoms with Gasteiger partial charge in [-0.1, -0.05) is 12.1 Å². The summed E-state index contributed by atoms with van der Waals surface area (Å²) < 4.78 is 33.9. The summed E-state index contributed by atoms with van der Waals surface area (Å²) in [6.45, 7) is 2.87. The lowest BCUT2D eigenvalue weighted by atomic mass is 10.1. The van der Waals surface area contributed by atoms with Gasteiger partial charge in [-0.05, 0) is 49.2 Å². The topological polar surface area (TPSA) is 134 Å². The molecule has 136 valence electrons. The van der Waals surface area contributed by atoms with Gasteiger partial charge in [0.15, 0.2) is 23.0 Å². The molecule has 0 aliphatic rings. The highest BCUT2D eigenvalue weighted by Gasteiger charge is 2.23. The molecule has 0 fully saturated rings. The molecule has 0 saturated carbocycles. The predicted molar refractivity (Wildman–Crippen MR) is 87.5 cm³/mol. The van der Waals surface area contributed by atoms with E-state index in [1.54, 1.807) is 0 Å². The lowest BCUT2D eigenvalue weighted by molar-refractivity contribution is 0.138. The van der Waals surface area contributed by atoms with Gasteiger partial charge in [-0.15, -0.1) is 0 Å². The van der Waals surface area contributed by atoms with Crippen LogP contribution in [0.15, 0.2) is 36.4 Å². The van der Waals surface area contributed by atoms with Crippen LogP contribution in [-0.2, 0) is 18.8 Å². The summed E-state index contributed by atoms with van der Waals surface area (Å²) in [6, 6.07) is 7.57. The fourth-order valence-corrected chi connectivity index (χ4v) is 3.05. The first kappa shape index (κ1) is 18.8. The molecule has 0 aliphatic carbocycles. The van der Waals surface area contributed by atoms with Gasteiger partial charge in [-0.3, -0.25) is 0 Å². The lowest BCUT2D eigenvalue weighted by Gasteiger charge is -2.17. The standard InChI is InChI=1S/C16H18O8S/c1-9(11-3-5-13(17)15(19)7-11)23-25(21,22)24-10(2)12-4-6-14(18)16(20)8-12/h3-10,17-20H,1-2H3. The maximum absolute atomic E-state index is 12.0. The molecule has 2 rings (SSSR count). The van der Waals surface area contributed by atoms with Gasteiger partial charge in [0.05, 0.1) is 0 Å². The van der Waals surface area contributed by atoms with Crippen LogP contribution in [0.3, 0.4) is 0 Å². The first-order valence-electron chi connectivity index (χ1n) is 7.24. The SMILES string of the molecule is CC(OS(=O)(=O)OC(C)c1ccc(O)c(O)c1)c1ccc(O)c(O)c1. The zero-order valence-electron chi connectivity index (χ0n) is 13.4. The molecule has 2 atom stereocenters. The molecule has 0 saturated heterocycles. The Hall–Kier alpha value is -2.49. The summed E-state index contributed by atoms with van der Waals surface area (Å²) >= 11 is 0. The fraction of sp³-hybridized carbons (Fsp3) is 0.250. The second-order valence-corrected chi connectivity index (χ2v) is 6.58. The molecule has 2 unspecified atom stereocenters. The molecule has 2 aromatic carbocycles. The number of hydrogen-bond donors (Lipinski definition) is 4. The normalized spacial score (nSPS) is 14.2. The van der Waals surface area contributed by atoms with Crippen molar-refractivity contribution in [3.63, 3.8) is 0 Å². The van der Waals surface area contributed by atoms with E-state index in [9.17, 15) is 28.8 Å². The van der Waals surface area contributed by atoms with E-state index in [1.165, 1.54) is 50.2 Å². The first-order chi connectivity index (χ1) is 11.6. The number of rotatable bonds is 6. The molecule has 25 heavy (non-hydrogen) atoms. The van der Waals surface area contributed by atoms with Gasteiger partial charge in [0.2, 0.25) is 0 Å². The minimum Gasteiger partial charge on any atom is -0.504 e. The van der Waals surface area contributed by atoms with Crippen LogP contribution in [0.4, 0.5) is 0 Å². The van der Waals surface area contributed by atoms with Crippen molar-refractivity contribution in [2.75, 3.05) is 0 Å². The molecular formula is C16H18O8S. The highest BCUT2D eigenvalue weighted by molar-refractivity contribution is 7.81. The number of phenolic OH excluding ortho intramolecular Hbond substituents is 4. The highest BCUT2D eigenvalue weighted by atomic mass is 32.3. The largest absolute Gasteiger partial charge is 0.504 e. The van der Waals surface area contributed by atoms with Crippen molar-refractivity contribution in [3.05, 3.63) is 47.5 Å². The van der Waals surface area contributed by atoms with Crippen molar-refractivity contribution in [2.24, 2.45) is 0 Å².